The summed E-state index contributed by atoms with van der Waals surface area (Å²) in [6, 6.07) is 5.41. The van der Waals surface area contributed by atoms with E-state index in [4.69, 9.17) is 5.73 Å². The monoisotopic (exact) mass is 371 g/mol. The van der Waals surface area contributed by atoms with Crippen molar-refractivity contribution in [3.8, 4) is 0 Å². The number of anilines is 1. The summed E-state index contributed by atoms with van der Waals surface area (Å²) in [6.45, 7) is 1.79. The molecule has 0 spiro atoms. The van der Waals surface area contributed by atoms with Crippen molar-refractivity contribution in [1.29, 1.82) is 0 Å². The standard InChI is InChI=1S/C18H21N5O4/c1-10(12-3-2-5-20-9-12)22-18(27)23-15(17(25)26)13(16(23)24)7-11-4-6-21-14(19)8-11/h2-6,8-10,13,15,18,22,27H,7H2,1H3,(H2,19,21)(H,25,26). The van der Waals surface area contributed by atoms with Gasteiger partial charge in [0.1, 0.15) is 11.9 Å². The summed E-state index contributed by atoms with van der Waals surface area (Å²) in [6.07, 6.45) is 3.56. The molecule has 0 radical (unpaired) electrons. The lowest BCUT2D eigenvalue weighted by Gasteiger charge is -2.47. The van der Waals surface area contributed by atoms with Gasteiger partial charge in [0.2, 0.25) is 5.91 Å². The summed E-state index contributed by atoms with van der Waals surface area (Å²) in [7, 11) is 0. The Hall–Kier alpha value is -3.04. The molecule has 1 fully saturated rings. The second kappa shape index (κ2) is 7.68. The topological polar surface area (TPSA) is 142 Å². The maximum atomic E-state index is 12.5. The Bertz CT molecular complexity index is 832. The van der Waals surface area contributed by atoms with Crippen molar-refractivity contribution in [3.63, 3.8) is 0 Å². The number of carbonyl (C=O) groups excluding carboxylic acids is 1. The molecular weight excluding hydrogens is 350 g/mol. The Morgan fingerprint density at radius 1 is 1.41 bits per heavy atom. The van der Waals surface area contributed by atoms with Crippen LogP contribution >= 0.6 is 0 Å². The second-order valence-electron chi connectivity index (χ2n) is 6.48. The predicted molar refractivity (Wildman–Crippen MR) is 95.9 cm³/mol. The predicted octanol–water partition coefficient (Wildman–Crippen LogP) is 0.140. The highest BCUT2D eigenvalue weighted by atomic mass is 16.4. The number of carboxylic acid groups (broad SMARTS) is 1. The Balaban J connectivity index is 1.70. The molecule has 4 unspecified atom stereocenters. The SMILES string of the molecule is CC(NC(O)N1C(=O)C(Cc2ccnc(N)c2)C1C(=O)O)c1cccnc1. The van der Waals surface area contributed by atoms with Gasteiger partial charge in [0, 0.05) is 24.6 Å². The lowest BCUT2D eigenvalue weighted by molar-refractivity contribution is -0.190. The molecule has 1 aliphatic rings. The largest absolute Gasteiger partial charge is 0.480 e. The molecule has 0 aromatic carbocycles. The lowest BCUT2D eigenvalue weighted by Crippen LogP contribution is -2.70. The molecule has 2 aromatic rings. The molecule has 0 saturated carbocycles. The number of likely N-dealkylation sites (tertiary alicyclic amines) is 1. The molecule has 1 saturated heterocycles. The van der Waals surface area contributed by atoms with E-state index >= 15 is 0 Å². The number of carboxylic acids is 1. The Labute approximate surface area is 155 Å². The summed E-state index contributed by atoms with van der Waals surface area (Å²) in [5, 5.41) is 22.8. The number of β-lactam (4-membered cyclic amide) rings is 1. The minimum Gasteiger partial charge on any atom is -0.480 e. The number of nitrogens with one attached hydrogen (secondary N) is 1. The van der Waals surface area contributed by atoms with Crippen LogP contribution in [0.5, 0.6) is 0 Å². The first kappa shape index (κ1) is 18.7. The van der Waals surface area contributed by atoms with Crippen molar-refractivity contribution in [2.24, 2.45) is 5.92 Å². The number of amides is 1. The fourth-order valence-electron chi connectivity index (χ4n) is 3.25. The lowest BCUT2D eigenvalue weighted by atomic mass is 9.82. The Morgan fingerprint density at radius 3 is 2.81 bits per heavy atom. The van der Waals surface area contributed by atoms with Gasteiger partial charge in [-0.3, -0.25) is 20.0 Å². The van der Waals surface area contributed by atoms with Crippen LogP contribution in [0.25, 0.3) is 0 Å². The van der Waals surface area contributed by atoms with Crippen molar-refractivity contribution >= 4 is 17.7 Å². The first-order valence-electron chi connectivity index (χ1n) is 8.48. The highest BCUT2D eigenvalue weighted by molar-refractivity contribution is 5.96. The van der Waals surface area contributed by atoms with Crippen LogP contribution in [-0.2, 0) is 16.0 Å². The summed E-state index contributed by atoms with van der Waals surface area (Å²) in [5.74, 6) is -2.07. The van der Waals surface area contributed by atoms with E-state index in [-0.39, 0.29) is 12.5 Å². The van der Waals surface area contributed by atoms with Gasteiger partial charge in [-0.25, -0.2) is 9.78 Å². The van der Waals surface area contributed by atoms with E-state index in [1.807, 2.05) is 6.07 Å². The van der Waals surface area contributed by atoms with Crippen LogP contribution in [0.3, 0.4) is 0 Å². The number of rotatable bonds is 7. The van der Waals surface area contributed by atoms with Crippen LogP contribution < -0.4 is 11.1 Å². The number of carbonyl (C=O) groups is 2. The van der Waals surface area contributed by atoms with E-state index in [9.17, 15) is 19.8 Å². The average Bonchev–Trinajstić information content (AvgIpc) is 2.64. The fourth-order valence-corrected chi connectivity index (χ4v) is 3.25. The number of hydrogen-bond donors (Lipinski definition) is 4. The number of aliphatic hydroxyl groups is 1. The Kier molecular flexibility index (Phi) is 5.33. The zero-order chi connectivity index (χ0) is 19.6. The number of nitrogen functional groups attached to an aromatic ring is 1. The number of aliphatic carboxylic acids is 1. The molecule has 1 amide bonds. The van der Waals surface area contributed by atoms with Gasteiger partial charge in [-0.05, 0) is 42.7 Å². The van der Waals surface area contributed by atoms with Crippen molar-refractivity contribution in [2.45, 2.75) is 31.8 Å². The van der Waals surface area contributed by atoms with E-state index in [2.05, 4.69) is 15.3 Å². The van der Waals surface area contributed by atoms with Crippen molar-refractivity contribution in [3.05, 3.63) is 54.0 Å². The molecule has 5 N–H and O–H groups in total. The minimum atomic E-state index is -1.42. The maximum absolute atomic E-state index is 12.5. The number of nitrogens with two attached hydrogens (primary N) is 1. The van der Waals surface area contributed by atoms with E-state index in [0.717, 1.165) is 16.0 Å². The third kappa shape index (κ3) is 3.88. The number of aromatic nitrogens is 2. The molecule has 9 nitrogen and oxygen atoms in total. The molecule has 2 aromatic heterocycles. The molecule has 9 heteroatoms. The van der Waals surface area contributed by atoms with Gasteiger partial charge in [0.25, 0.3) is 0 Å². The fraction of sp³-hybridized carbons (Fsp3) is 0.333. The smallest absolute Gasteiger partial charge is 0.327 e. The maximum Gasteiger partial charge on any atom is 0.327 e. The van der Waals surface area contributed by atoms with Crippen LogP contribution in [0.1, 0.15) is 24.1 Å². The van der Waals surface area contributed by atoms with E-state index in [1.165, 1.54) is 6.20 Å². The summed E-state index contributed by atoms with van der Waals surface area (Å²) >= 11 is 0. The zero-order valence-electron chi connectivity index (χ0n) is 14.7. The summed E-state index contributed by atoms with van der Waals surface area (Å²) in [5.41, 5.74) is 7.16. The first-order valence-corrected chi connectivity index (χ1v) is 8.48. The van der Waals surface area contributed by atoms with Crippen LogP contribution in [-0.4, -0.2) is 49.4 Å². The average molecular weight is 371 g/mol. The van der Waals surface area contributed by atoms with Gasteiger partial charge >= 0.3 is 5.97 Å². The number of nitrogens with zero attached hydrogens (tertiary/aromatic N) is 3. The van der Waals surface area contributed by atoms with Gasteiger partial charge in [0.15, 0.2) is 6.35 Å². The highest BCUT2D eigenvalue weighted by Gasteiger charge is 2.54. The number of aliphatic hydroxyl groups excluding tert-OH is 1. The molecular formula is C18H21N5O4. The van der Waals surface area contributed by atoms with Gasteiger partial charge in [-0.1, -0.05) is 6.07 Å². The highest BCUT2D eigenvalue weighted by Crippen LogP contribution is 2.32. The molecule has 27 heavy (non-hydrogen) atoms. The van der Waals surface area contributed by atoms with E-state index in [1.54, 1.807) is 37.5 Å². The van der Waals surface area contributed by atoms with E-state index < -0.39 is 30.2 Å². The third-order valence-corrected chi connectivity index (χ3v) is 4.65. The number of pyridine rings is 2. The normalized spacial score (nSPS) is 21.4. The van der Waals surface area contributed by atoms with Crippen molar-refractivity contribution < 1.29 is 19.8 Å². The summed E-state index contributed by atoms with van der Waals surface area (Å²) < 4.78 is 0. The molecule has 3 rings (SSSR count). The van der Waals surface area contributed by atoms with Gasteiger partial charge < -0.3 is 15.9 Å². The molecule has 0 bridgehead atoms. The van der Waals surface area contributed by atoms with Crippen molar-refractivity contribution in [1.82, 2.24) is 20.2 Å². The van der Waals surface area contributed by atoms with Crippen LogP contribution in [0.15, 0.2) is 42.9 Å². The van der Waals surface area contributed by atoms with Gasteiger partial charge in [0.05, 0.1) is 5.92 Å². The molecule has 0 aliphatic carbocycles. The van der Waals surface area contributed by atoms with Crippen LogP contribution in [0.4, 0.5) is 5.82 Å². The van der Waals surface area contributed by atoms with E-state index in [0.29, 0.717) is 5.82 Å². The van der Waals surface area contributed by atoms with Crippen LogP contribution in [0, 0.1) is 5.92 Å². The zero-order valence-corrected chi connectivity index (χ0v) is 14.7. The minimum absolute atomic E-state index is 0.212. The third-order valence-electron chi connectivity index (χ3n) is 4.65. The second-order valence-corrected chi connectivity index (χ2v) is 6.48. The van der Waals surface area contributed by atoms with Crippen molar-refractivity contribution in [2.75, 3.05) is 5.73 Å². The molecule has 142 valence electrons. The molecule has 1 aliphatic heterocycles. The first-order chi connectivity index (χ1) is 12.9. The van der Waals surface area contributed by atoms with Gasteiger partial charge in [-0.15, -0.1) is 0 Å². The molecule has 4 atom stereocenters. The molecule has 3 heterocycles. The van der Waals surface area contributed by atoms with Gasteiger partial charge in [-0.2, -0.15) is 0 Å². The number of hydrogen-bond acceptors (Lipinski definition) is 7. The Morgan fingerprint density at radius 2 is 2.19 bits per heavy atom. The quantitative estimate of drug-likeness (QED) is 0.398. The summed E-state index contributed by atoms with van der Waals surface area (Å²) in [4.78, 5) is 33.0. The van der Waals surface area contributed by atoms with Crippen LogP contribution in [0.2, 0.25) is 0 Å².